The molecule has 2 aromatic heterocycles. The van der Waals surface area contributed by atoms with Gasteiger partial charge in [-0.1, -0.05) is 13.3 Å². The molecule has 12 heteroatoms. The van der Waals surface area contributed by atoms with Crippen LogP contribution in [0.25, 0.3) is 11.2 Å². The minimum atomic E-state index is -0.928. The third kappa shape index (κ3) is 5.68. The molecule has 3 aromatic rings. The van der Waals surface area contributed by atoms with E-state index in [9.17, 15) is 13.6 Å². The Hall–Kier alpha value is -3.85. The first-order valence-electron chi connectivity index (χ1n) is 11.9. The number of amides is 1. The maximum absolute atomic E-state index is 14.7. The molecule has 0 spiro atoms. The van der Waals surface area contributed by atoms with Crippen molar-refractivity contribution < 1.29 is 18.3 Å². The van der Waals surface area contributed by atoms with Crippen molar-refractivity contribution in [2.75, 3.05) is 23.8 Å². The molecule has 4 rings (SSSR count). The van der Waals surface area contributed by atoms with Crippen LogP contribution in [0.1, 0.15) is 57.1 Å². The van der Waals surface area contributed by atoms with E-state index >= 15 is 0 Å². The lowest BCUT2D eigenvalue weighted by atomic mass is 10.1. The molecule has 3 heterocycles. The van der Waals surface area contributed by atoms with Gasteiger partial charge in [-0.15, -0.1) is 0 Å². The monoisotopic (exact) mass is 498 g/mol. The van der Waals surface area contributed by atoms with Gasteiger partial charge >= 0.3 is 0 Å². The fourth-order valence-corrected chi connectivity index (χ4v) is 4.33. The average Bonchev–Trinajstić information content (AvgIpc) is 3.21. The number of imidazole rings is 1. The van der Waals surface area contributed by atoms with Crippen molar-refractivity contribution in [2.24, 2.45) is 5.73 Å². The number of rotatable bonds is 10. The first-order valence-corrected chi connectivity index (χ1v) is 11.9. The van der Waals surface area contributed by atoms with E-state index in [1.54, 1.807) is 16.8 Å². The lowest BCUT2D eigenvalue weighted by Gasteiger charge is -2.23. The Morgan fingerprint density at radius 1 is 1.28 bits per heavy atom. The second-order valence-corrected chi connectivity index (χ2v) is 8.74. The fourth-order valence-electron chi connectivity index (χ4n) is 4.33. The normalized spacial score (nSPS) is 14.9. The van der Waals surface area contributed by atoms with E-state index in [0.29, 0.717) is 43.2 Å². The molecule has 1 atom stereocenters. The van der Waals surface area contributed by atoms with Gasteiger partial charge in [0.15, 0.2) is 17.3 Å². The van der Waals surface area contributed by atoms with Gasteiger partial charge in [-0.25, -0.2) is 18.7 Å². The van der Waals surface area contributed by atoms with Crippen molar-refractivity contribution in [1.29, 1.82) is 5.26 Å². The largest absolute Gasteiger partial charge is 0.381 e. The van der Waals surface area contributed by atoms with Gasteiger partial charge in [0, 0.05) is 31.7 Å². The molecule has 1 amide bonds. The van der Waals surface area contributed by atoms with Crippen molar-refractivity contribution in [2.45, 2.75) is 57.5 Å². The van der Waals surface area contributed by atoms with Crippen molar-refractivity contribution in [3.63, 3.8) is 0 Å². The van der Waals surface area contributed by atoms with Crippen LogP contribution in [0.5, 0.6) is 0 Å². The molecule has 1 saturated heterocycles. The Balaban J connectivity index is 1.78. The fraction of sp³-hybridized carbons (Fsp3) is 0.458. The number of nitrogens with zero attached hydrogens (tertiary/aromatic N) is 5. The van der Waals surface area contributed by atoms with E-state index in [1.165, 1.54) is 0 Å². The zero-order valence-corrected chi connectivity index (χ0v) is 19.9. The van der Waals surface area contributed by atoms with E-state index in [-0.39, 0.29) is 30.0 Å². The number of aromatic nitrogens is 4. The topological polar surface area (TPSA) is 144 Å². The number of halogens is 2. The zero-order valence-electron chi connectivity index (χ0n) is 19.9. The summed E-state index contributed by atoms with van der Waals surface area (Å²) in [6.45, 7) is 3.30. The van der Waals surface area contributed by atoms with Crippen molar-refractivity contribution >= 4 is 34.7 Å². The van der Waals surface area contributed by atoms with E-state index in [4.69, 9.17) is 15.7 Å². The quantitative estimate of drug-likeness (QED) is 0.382. The highest BCUT2D eigenvalue weighted by Gasteiger charge is 2.24. The van der Waals surface area contributed by atoms with Crippen molar-refractivity contribution in [1.82, 2.24) is 19.5 Å². The maximum atomic E-state index is 14.7. The Labute approximate surface area is 206 Å². The lowest BCUT2D eigenvalue weighted by molar-refractivity contribution is -0.118. The number of ether oxygens (including phenoxy) is 1. The maximum Gasteiger partial charge on any atom is 0.224 e. The third-order valence-corrected chi connectivity index (χ3v) is 6.11. The zero-order chi connectivity index (χ0) is 25.7. The number of primary amides is 1. The molecule has 0 bridgehead atoms. The molecule has 10 nitrogen and oxygen atoms in total. The van der Waals surface area contributed by atoms with Crippen LogP contribution in [0.2, 0.25) is 0 Å². The molecule has 0 radical (unpaired) electrons. The van der Waals surface area contributed by atoms with Crippen LogP contribution in [-0.4, -0.2) is 44.7 Å². The highest BCUT2D eigenvalue weighted by atomic mass is 19.1. The first-order chi connectivity index (χ1) is 17.4. The standard InChI is InChI=1S/C24H28F2N8O2/c1-2-3-16(4-5-20(28)35)34-22-19(13-29-23(33-22)30-15-6-8-36-9-7-15)31-24(34)32-21-17(25)10-14(12-27)11-18(21)26/h10-11,13,15-16H,2-9H2,1H3,(H2,28,35)(H,31,32)(H,29,30,33)/t16-/m0/s1. The highest BCUT2D eigenvalue weighted by molar-refractivity contribution is 5.77. The van der Waals surface area contributed by atoms with E-state index in [1.807, 2.05) is 6.92 Å². The number of nitrogens with two attached hydrogens (primary N) is 1. The Kier molecular flexibility index (Phi) is 7.90. The molecule has 0 saturated carbocycles. The number of carbonyl (C=O) groups is 1. The summed E-state index contributed by atoms with van der Waals surface area (Å²) in [5.41, 5.74) is 5.71. The lowest BCUT2D eigenvalue weighted by Crippen LogP contribution is -2.28. The smallest absolute Gasteiger partial charge is 0.224 e. The van der Waals surface area contributed by atoms with Gasteiger partial charge in [0.25, 0.3) is 0 Å². The second-order valence-electron chi connectivity index (χ2n) is 8.74. The summed E-state index contributed by atoms with van der Waals surface area (Å²) in [6, 6.07) is 3.51. The van der Waals surface area contributed by atoms with Crippen LogP contribution < -0.4 is 16.4 Å². The Morgan fingerprint density at radius 3 is 2.64 bits per heavy atom. The number of nitrogens with one attached hydrogen (secondary N) is 2. The number of nitriles is 1. The molecule has 190 valence electrons. The molecule has 1 aromatic carbocycles. The number of anilines is 3. The van der Waals surface area contributed by atoms with Crippen molar-refractivity contribution in [3.05, 3.63) is 35.5 Å². The third-order valence-electron chi connectivity index (χ3n) is 6.11. The van der Waals surface area contributed by atoms with Gasteiger partial charge in [-0.05, 0) is 37.8 Å². The van der Waals surface area contributed by atoms with Crippen LogP contribution in [0.4, 0.5) is 26.4 Å². The molecule has 4 N–H and O–H groups in total. The van der Waals surface area contributed by atoms with E-state index in [2.05, 4.69) is 25.6 Å². The van der Waals surface area contributed by atoms with E-state index < -0.39 is 23.2 Å². The Bertz CT molecular complexity index is 1260. The molecular formula is C24H28F2N8O2. The second kappa shape index (κ2) is 11.3. The number of carbonyl (C=O) groups excluding carboxylic acids is 1. The summed E-state index contributed by atoms with van der Waals surface area (Å²) < 4.78 is 36.5. The molecule has 1 aliphatic heterocycles. The summed E-state index contributed by atoms with van der Waals surface area (Å²) in [7, 11) is 0. The molecule has 1 fully saturated rings. The van der Waals surface area contributed by atoms with Gasteiger partial charge in [0.05, 0.1) is 17.8 Å². The predicted molar refractivity (Wildman–Crippen MR) is 130 cm³/mol. The van der Waals surface area contributed by atoms with Gasteiger partial charge in [-0.3, -0.25) is 9.36 Å². The van der Waals surface area contributed by atoms with Crippen LogP contribution in [-0.2, 0) is 9.53 Å². The van der Waals surface area contributed by atoms with Gasteiger partial charge in [0.1, 0.15) is 11.2 Å². The first kappa shape index (κ1) is 25.2. The SMILES string of the molecule is CCC[C@@H](CCC(N)=O)n1c(Nc2c(F)cc(C#N)cc2F)nc2cnc(NC3CCOCC3)nc21. The Morgan fingerprint density at radius 2 is 2.00 bits per heavy atom. The molecular weight excluding hydrogens is 470 g/mol. The summed E-state index contributed by atoms with van der Waals surface area (Å²) in [6.07, 6.45) is 5.15. The molecule has 36 heavy (non-hydrogen) atoms. The number of hydrogen-bond acceptors (Lipinski definition) is 8. The predicted octanol–water partition coefficient (Wildman–Crippen LogP) is 3.92. The van der Waals surface area contributed by atoms with E-state index in [0.717, 1.165) is 31.4 Å². The van der Waals surface area contributed by atoms with Gasteiger partial charge < -0.3 is 21.1 Å². The summed E-state index contributed by atoms with van der Waals surface area (Å²) in [5.74, 6) is -1.75. The number of fused-ring (bicyclic) bond motifs is 1. The van der Waals surface area contributed by atoms with Gasteiger partial charge in [0.2, 0.25) is 17.8 Å². The minimum Gasteiger partial charge on any atom is -0.381 e. The number of hydrogen-bond donors (Lipinski definition) is 3. The minimum absolute atomic E-state index is 0.127. The highest BCUT2D eigenvalue weighted by Crippen LogP contribution is 2.33. The van der Waals surface area contributed by atoms with Crippen molar-refractivity contribution in [3.8, 4) is 6.07 Å². The average molecular weight is 499 g/mol. The van der Waals surface area contributed by atoms with Gasteiger partial charge in [-0.2, -0.15) is 10.2 Å². The molecule has 0 unspecified atom stereocenters. The van der Waals surface area contributed by atoms with Crippen LogP contribution in [0, 0.1) is 23.0 Å². The van der Waals surface area contributed by atoms with Crippen LogP contribution >= 0.6 is 0 Å². The molecule has 0 aliphatic carbocycles. The van der Waals surface area contributed by atoms with Crippen LogP contribution in [0.15, 0.2) is 18.3 Å². The molecule has 1 aliphatic rings. The summed E-state index contributed by atoms with van der Waals surface area (Å²) in [5, 5.41) is 15.1. The summed E-state index contributed by atoms with van der Waals surface area (Å²) in [4.78, 5) is 25.1. The van der Waals surface area contributed by atoms with Crippen LogP contribution in [0.3, 0.4) is 0 Å². The number of benzene rings is 1. The summed E-state index contributed by atoms with van der Waals surface area (Å²) >= 11 is 0.